The van der Waals surface area contributed by atoms with Crippen molar-refractivity contribution in [2.75, 3.05) is 5.32 Å². The molecular weight excluding hydrogens is 386 g/mol. The lowest BCUT2D eigenvalue weighted by Gasteiger charge is -2.11. The number of hydrogen-bond donors (Lipinski definition) is 1. The average Bonchev–Trinajstić information content (AvgIpc) is 2.62. The fourth-order valence-electron chi connectivity index (χ4n) is 2.25. The van der Waals surface area contributed by atoms with Crippen LogP contribution < -0.4 is 5.32 Å². The number of hydrogen-bond acceptors (Lipinski definition) is 3. The number of rotatable bonds is 3. The van der Waals surface area contributed by atoms with Gasteiger partial charge in [-0.3, -0.25) is 4.79 Å². The van der Waals surface area contributed by atoms with Gasteiger partial charge in [-0.2, -0.15) is 13.2 Å². The molecule has 1 aromatic heterocycles. The Morgan fingerprint density at radius 1 is 1.04 bits per heavy atom. The number of aromatic nitrogens is 2. The van der Waals surface area contributed by atoms with E-state index in [9.17, 15) is 22.4 Å². The van der Waals surface area contributed by atoms with Crippen LogP contribution in [0.4, 0.5) is 23.2 Å². The summed E-state index contributed by atoms with van der Waals surface area (Å²) in [5.74, 6) is -0.950. The molecule has 4 nitrogen and oxygen atoms in total. The van der Waals surface area contributed by atoms with Gasteiger partial charge in [0.2, 0.25) is 0 Å². The fraction of sp³-hybridized carbons (Fsp3) is 0.0556. The summed E-state index contributed by atoms with van der Waals surface area (Å²) in [5, 5.41) is 1.86. The van der Waals surface area contributed by atoms with Gasteiger partial charge in [-0.1, -0.05) is 23.7 Å². The molecule has 0 bridgehead atoms. The third-order valence-electron chi connectivity index (χ3n) is 3.53. The first-order valence-corrected chi connectivity index (χ1v) is 7.88. The van der Waals surface area contributed by atoms with Gasteiger partial charge in [-0.15, -0.1) is 0 Å². The highest BCUT2D eigenvalue weighted by atomic mass is 35.5. The van der Waals surface area contributed by atoms with Crippen LogP contribution in [0.5, 0.6) is 0 Å². The molecule has 0 radical (unpaired) electrons. The molecule has 138 valence electrons. The highest BCUT2D eigenvalue weighted by Gasteiger charge is 2.33. The first-order chi connectivity index (χ1) is 12.7. The molecule has 0 aliphatic carbocycles. The lowest BCUT2D eigenvalue weighted by Crippen LogP contribution is -2.14. The van der Waals surface area contributed by atoms with Crippen molar-refractivity contribution < 1.29 is 22.4 Å². The van der Waals surface area contributed by atoms with Gasteiger partial charge >= 0.3 is 6.18 Å². The Morgan fingerprint density at radius 2 is 1.74 bits per heavy atom. The highest BCUT2D eigenvalue weighted by molar-refractivity contribution is 6.31. The van der Waals surface area contributed by atoms with Gasteiger partial charge in [0.1, 0.15) is 5.82 Å². The van der Waals surface area contributed by atoms with E-state index < -0.39 is 28.5 Å². The quantitative estimate of drug-likeness (QED) is 0.619. The number of benzene rings is 2. The van der Waals surface area contributed by atoms with Crippen molar-refractivity contribution in [3.8, 4) is 11.4 Å². The Morgan fingerprint density at radius 3 is 2.37 bits per heavy atom. The Kier molecular flexibility index (Phi) is 5.09. The molecule has 3 aromatic rings. The molecule has 1 heterocycles. The van der Waals surface area contributed by atoms with E-state index in [1.807, 2.05) is 0 Å². The lowest BCUT2D eigenvalue weighted by molar-refractivity contribution is -0.137. The van der Waals surface area contributed by atoms with Gasteiger partial charge in [0.25, 0.3) is 5.91 Å². The number of amides is 1. The summed E-state index contributed by atoms with van der Waals surface area (Å²) >= 11 is 5.54. The number of halogens is 5. The van der Waals surface area contributed by atoms with E-state index >= 15 is 0 Å². The molecule has 1 amide bonds. The molecule has 1 N–H and O–H groups in total. The summed E-state index contributed by atoms with van der Waals surface area (Å²) in [7, 11) is 0. The van der Waals surface area contributed by atoms with Gasteiger partial charge in [0.05, 0.1) is 16.1 Å². The van der Waals surface area contributed by atoms with Gasteiger partial charge in [0, 0.05) is 23.6 Å². The second kappa shape index (κ2) is 7.32. The predicted octanol–water partition coefficient (Wildman–Crippen LogP) is 5.21. The van der Waals surface area contributed by atoms with E-state index in [1.54, 1.807) is 6.07 Å². The number of nitrogens with zero attached hydrogens (tertiary/aromatic N) is 2. The molecule has 0 fully saturated rings. The molecule has 0 aliphatic rings. The number of alkyl halides is 3. The Bertz CT molecular complexity index is 991. The van der Waals surface area contributed by atoms with Crippen molar-refractivity contribution in [3.05, 3.63) is 76.8 Å². The summed E-state index contributed by atoms with van der Waals surface area (Å²) in [6.45, 7) is 0. The van der Waals surface area contributed by atoms with Crippen molar-refractivity contribution in [3.63, 3.8) is 0 Å². The molecule has 0 unspecified atom stereocenters. The highest BCUT2D eigenvalue weighted by Crippen LogP contribution is 2.36. The van der Waals surface area contributed by atoms with Crippen LogP contribution in [0.2, 0.25) is 5.02 Å². The van der Waals surface area contributed by atoms with Crippen LogP contribution in [0.15, 0.2) is 54.9 Å². The number of carbonyl (C=O) groups excluding carboxylic acids is 1. The van der Waals surface area contributed by atoms with Gasteiger partial charge < -0.3 is 5.32 Å². The third-order valence-corrected chi connectivity index (χ3v) is 3.86. The minimum atomic E-state index is -4.65. The molecule has 9 heteroatoms. The van der Waals surface area contributed by atoms with Crippen LogP contribution in [-0.2, 0) is 6.18 Å². The third kappa shape index (κ3) is 4.40. The van der Waals surface area contributed by atoms with E-state index in [4.69, 9.17) is 11.6 Å². The summed E-state index contributed by atoms with van der Waals surface area (Å²) in [4.78, 5) is 20.2. The summed E-state index contributed by atoms with van der Waals surface area (Å²) in [6.07, 6.45) is -2.25. The van der Waals surface area contributed by atoms with Crippen molar-refractivity contribution in [1.29, 1.82) is 0 Å². The summed E-state index contributed by atoms with van der Waals surface area (Å²) in [6, 6.07) is 8.63. The van der Waals surface area contributed by atoms with Gasteiger partial charge in [-0.05, 0) is 30.3 Å². The molecule has 0 saturated carbocycles. The molecule has 27 heavy (non-hydrogen) atoms. The molecule has 0 aliphatic heterocycles. The van der Waals surface area contributed by atoms with Crippen molar-refractivity contribution >= 4 is 23.2 Å². The van der Waals surface area contributed by atoms with Crippen LogP contribution in [0.1, 0.15) is 15.9 Å². The predicted molar refractivity (Wildman–Crippen MR) is 91.8 cm³/mol. The number of carbonyl (C=O) groups is 1. The largest absolute Gasteiger partial charge is 0.417 e. The maximum atomic E-state index is 13.2. The second-order valence-corrected chi connectivity index (χ2v) is 5.86. The zero-order valence-corrected chi connectivity index (χ0v) is 14.1. The average molecular weight is 396 g/mol. The van der Waals surface area contributed by atoms with E-state index in [2.05, 4.69) is 15.3 Å². The molecule has 0 atom stereocenters. The Balaban J connectivity index is 1.79. The molecule has 2 aromatic carbocycles. The van der Waals surface area contributed by atoms with Crippen molar-refractivity contribution in [1.82, 2.24) is 9.97 Å². The van der Waals surface area contributed by atoms with E-state index in [0.29, 0.717) is 5.56 Å². The monoisotopic (exact) mass is 395 g/mol. The summed E-state index contributed by atoms with van der Waals surface area (Å²) in [5.41, 5.74) is -0.682. The molecule has 3 rings (SSSR count). The minimum Gasteiger partial charge on any atom is -0.322 e. The first kappa shape index (κ1) is 18.8. The first-order valence-electron chi connectivity index (χ1n) is 7.50. The Hall–Kier alpha value is -3.00. The van der Waals surface area contributed by atoms with Gasteiger partial charge in [-0.25, -0.2) is 14.4 Å². The van der Waals surface area contributed by atoms with E-state index in [1.165, 1.54) is 36.7 Å². The van der Waals surface area contributed by atoms with Crippen LogP contribution in [0.25, 0.3) is 11.4 Å². The molecular formula is C18H10ClF4N3O. The minimum absolute atomic E-state index is 0.0265. The molecule has 0 spiro atoms. The van der Waals surface area contributed by atoms with Crippen LogP contribution in [-0.4, -0.2) is 15.9 Å². The van der Waals surface area contributed by atoms with Crippen molar-refractivity contribution in [2.45, 2.75) is 6.18 Å². The van der Waals surface area contributed by atoms with Crippen LogP contribution in [0, 0.1) is 5.82 Å². The maximum absolute atomic E-state index is 13.2. The van der Waals surface area contributed by atoms with Crippen molar-refractivity contribution in [2.24, 2.45) is 0 Å². The maximum Gasteiger partial charge on any atom is 0.417 e. The van der Waals surface area contributed by atoms with Crippen LogP contribution in [0.3, 0.4) is 0 Å². The number of anilines is 1. The van der Waals surface area contributed by atoms with E-state index in [0.717, 1.165) is 12.1 Å². The fourth-order valence-corrected chi connectivity index (χ4v) is 2.47. The van der Waals surface area contributed by atoms with E-state index in [-0.39, 0.29) is 17.1 Å². The zero-order chi connectivity index (χ0) is 19.6. The number of nitrogens with one attached hydrogen (secondary N) is 1. The van der Waals surface area contributed by atoms with Gasteiger partial charge in [0.15, 0.2) is 5.82 Å². The molecule has 0 saturated heterocycles. The smallest absolute Gasteiger partial charge is 0.322 e. The second-order valence-electron chi connectivity index (χ2n) is 5.45. The zero-order valence-electron chi connectivity index (χ0n) is 13.4. The normalized spacial score (nSPS) is 11.3. The topological polar surface area (TPSA) is 54.9 Å². The Labute approximate surface area is 155 Å². The SMILES string of the molecule is O=C(Nc1ccc(Cl)c(C(F)(F)F)c1)c1cnc(-c2cccc(F)c2)nc1. The standard InChI is InChI=1S/C18H10ClF4N3O/c19-15-5-4-13(7-14(15)18(21,22)23)26-17(27)11-8-24-16(25-9-11)10-2-1-3-12(20)6-10/h1-9H,(H,26,27). The lowest BCUT2D eigenvalue weighted by atomic mass is 10.2. The summed E-state index contributed by atoms with van der Waals surface area (Å²) < 4.78 is 51.9. The van der Waals surface area contributed by atoms with Crippen LogP contribution >= 0.6 is 11.6 Å².